The molecule has 168 valence electrons. The van der Waals surface area contributed by atoms with Gasteiger partial charge in [-0.1, -0.05) is 42.5 Å². The van der Waals surface area contributed by atoms with E-state index in [1.807, 2.05) is 67.4 Å². The van der Waals surface area contributed by atoms with E-state index in [1.54, 1.807) is 0 Å². The van der Waals surface area contributed by atoms with E-state index < -0.39 is 17.4 Å². The van der Waals surface area contributed by atoms with Crippen LogP contribution in [0.4, 0.5) is 5.69 Å². The van der Waals surface area contributed by atoms with Crippen molar-refractivity contribution < 1.29 is 14.3 Å². The van der Waals surface area contributed by atoms with Crippen molar-refractivity contribution >= 4 is 28.4 Å². The van der Waals surface area contributed by atoms with Gasteiger partial charge in [0.25, 0.3) is 0 Å². The number of para-hydroxylation sites is 1. The number of carbonyl (C=O) groups is 2. The number of aromatic nitrogens is 1. The first-order valence-electron chi connectivity index (χ1n) is 11.5. The van der Waals surface area contributed by atoms with Crippen molar-refractivity contribution in [2.24, 2.45) is 11.8 Å². The number of hydrogen-bond acceptors (Lipinski definition) is 3. The summed E-state index contributed by atoms with van der Waals surface area (Å²) in [4.78, 5) is 32.0. The molecule has 4 heterocycles. The molecule has 2 fully saturated rings. The lowest BCUT2D eigenvalue weighted by Gasteiger charge is -2.24. The van der Waals surface area contributed by atoms with Crippen LogP contribution in [-0.4, -0.2) is 46.5 Å². The zero-order valence-corrected chi connectivity index (χ0v) is 18.8. The van der Waals surface area contributed by atoms with Crippen LogP contribution in [-0.2, 0) is 20.7 Å². The van der Waals surface area contributed by atoms with Crippen LogP contribution < -0.4 is 5.32 Å². The highest BCUT2D eigenvalue weighted by molar-refractivity contribution is 5.99. The van der Waals surface area contributed by atoms with Gasteiger partial charge in [-0.3, -0.25) is 9.59 Å². The number of rotatable bonds is 5. The Morgan fingerprint density at radius 1 is 1.24 bits per heavy atom. The molecular weight excluding hydrogens is 414 g/mol. The van der Waals surface area contributed by atoms with Gasteiger partial charge in [0, 0.05) is 29.3 Å². The summed E-state index contributed by atoms with van der Waals surface area (Å²) in [5, 5.41) is 4.25. The van der Waals surface area contributed by atoms with Crippen molar-refractivity contribution in [2.45, 2.75) is 32.0 Å². The monoisotopic (exact) mass is 441 g/mol. The van der Waals surface area contributed by atoms with Crippen LogP contribution in [0.2, 0.25) is 0 Å². The van der Waals surface area contributed by atoms with Gasteiger partial charge in [-0.2, -0.15) is 0 Å². The number of carbonyl (C=O) groups excluding carboxylic acids is 2. The molecule has 3 aliphatic rings. The minimum absolute atomic E-state index is 0.0165. The minimum atomic E-state index is -0.689. The minimum Gasteiger partial charge on any atom is -0.361 e. The van der Waals surface area contributed by atoms with E-state index in [0.29, 0.717) is 13.1 Å². The fourth-order valence-electron chi connectivity index (χ4n) is 5.75. The van der Waals surface area contributed by atoms with Crippen LogP contribution in [0.25, 0.3) is 10.9 Å². The number of amides is 2. The molecule has 6 nitrogen and oxygen atoms in total. The summed E-state index contributed by atoms with van der Waals surface area (Å²) in [6.45, 7) is 5.08. The predicted molar refractivity (Wildman–Crippen MR) is 127 cm³/mol. The SMILES string of the molecule is Cc1ccc(C)c(NC(=O)[C@H]2[C@H]3C=C[C@@]4(CN(CCc5c[nH]c6ccccc56)C(=O)[C@@H]24)O3)c1. The van der Waals surface area contributed by atoms with Gasteiger partial charge in [0.15, 0.2) is 0 Å². The molecule has 6 rings (SSSR count). The molecule has 2 bridgehead atoms. The van der Waals surface area contributed by atoms with Crippen LogP contribution in [0.3, 0.4) is 0 Å². The van der Waals surface area contributed by atoms with Crippen LogP contribution >= 0.6 is 0 Å². The van der Waals surface area contributed by atoms with Gasteiger partial charge in [-0.25, -0.2) is 0 Å². The molecule has 0 unspecified atom stereocenters. The molecule has 4 atom stereocenters. The van der Waals surface area contributed by atoms with Gasteiger partial charge in [-0.05, 0) is 49.1 Å². The highest BCUT2D eigenvalue weighted by Gasteiger charge is 2.66. The van der Waals surface area contributed by atoms with E-state index in [4.69, 9.17) is 4.74 Å². The fourth-order valence-corrected chi connectivity index (χ4v) is 5.75. The second kappa shape index (κ2) is 7.32. The van der Waals surface area contributed by atoms with Crippen LogP contribution in [0.15, 0.2) is 60.8 Å². The van der Waals surface area contributed by atoms with Gasteiger partial charge in [-0.15, -0.1) is 0 Å². The summed E-state index contributed by atoms with van der Waals surface area (Å²) in [6.07, 6.45) is 6.39. The normalized spacial score (nSPS) is 27.5. The number of H-pyrrole nitrogens is 1. The molecule has 3 aromatic rings. The van der Waals surface area contributed by atoms with Crippen molar-refractivity contribution in [3.63, 3.8) is 0 Å². The quantitative estimate of drug-likeness (QED) is 0.593. The van der Waals surface area contributed by atoms with Crippen LogP contribution in [0.1, 0.15) is 16.7 Å². The van der Waals surface area contributed by atoms with Crippen molar-refractivity contribution in [1.82, 2.24) is 9.88 Å². The molecule has 2 amide bonds. The lowest BCUT2D eigenvalue weighted by atomic mass is 9.76. The highest BCUT2D eigenvalue weighted by atomic mass is 16.5. The lowest BCUT2D eigenvalue weighted by molar-refractivity contribution is -0.135. The second-order valence-corrected chi connectivity index (χ2v) is 9.58. The maximum Gasteiger partial charge on any atom is 0.231 e. The number of benzene rings is 2. The van der Waals surface area contributed by atoms with E-state index in [1.165, 1.54) is 10.9 Å². The Morgan fingerprint density at radius 2 is 2.09 bits per heavy atom. The van der Waals surface area contributed by atoms with E-state index >= 15 is 0 Å². The number of nitrogens with one attached hydrogen (secondary N) is 2. The zero-order valence-electron chi connectivity index (χ0n) is 18.8. The van der Waals surface area contributed by atoms with Crippen molar-refractivity contribution in [3.8, 4) is 0 Å². The Labute approximate surface area is 192 Å². The number of nitrogens with zero attached hydrogens (tertiary/aromatic N) is 1. The molecule has 3 aliphatic heterocycles. The number of ether oxygens (including phenoxy) is 1. The van der Waals surface area contributed by atoms with Gasteiger partial charge in [0.2, 0.25) is 11.8 Å². The lowest BCUT2D eigenvalue weighted by Crippen LogP contribution is -2.41. The topological polar surface area (TPSA) is 74.4 Å². The Balaban J connectivity index is 1.21. The molecule has 2 saturated heterocycles. The molecule has 33 heavy (non-hydrogen) atoms. The van der Waals surface area contributed by atoms with Crippen molar-refractivity contribution in [1.29, 1.82) is 0 Å². The van der Waals surface area contributed by atoms with E-state index in [9.17, 15) is 9.59 Å². The number of anilines is 1. The van der Waals surface area contributed by atoms with Gasteiger partial charge >= 0.3 is 0 Å². The van der Waals surface area contributed by atoms with Gasteiger partial charge in [0.1, 0.15) is 5.60 Å². The van der Waals surface area contributed by atoms with Crippen molar-refractivity contribution in [2.75, 3.05) is 18.4 Å². The summed E-state index contributed by atoms with van der Waals surface area (Å²) in [5.74, 6) is -1.11. The summed E-state index contributed by atoms with van der Waals surface area (Å²) < 4.78 is 6.28. The third-order valence-corrected chi connectivity index (χ3v) is 7.46. The number of aryl methyl sites for hydroxylation is 2. The third-order valence-electron chi connectivity index (χ3n) is 7.46. The maximum atomic E-state index is 13.5. The molecular formula is C27H27N3O3. The van der Waals surface area contributed by atoms with Gasteiger partial charge < -0.3 is 19.9 Å². The summed E-state index contributed by atoms with van der Waals surface area (Å²) in [5.41, 5.74) is 4.48. The Bertz CT molecular complexity index is 1310. The fraction of sp³-hybridized carbons (Fsp3) is 0.333. The van der Waals surface area contributed by atoms with E-state index in [0.717, 1.165) is 28.8 Å². The largest absolute Gasteiger partial charge is 0.361 e. The first-order chi connectivity index (χ1) is 15.9. The van der Waals surface area contributed by atoms with Gasteiger partial charge in [0.05, 0.1) is 24.5 Å². The maximum absolute atomic E-state index is 13.5. The third kappa shape index (κ3) is 3.12. The second-order valence-electron chi connectivity index (χ2n) is 9.58. The number of aromatic amines is 1. The average molecular weight is 442 g/mol. The average Bonchev–Trinajstić information content (AvgIpc) is 3.54. The molecule has 0 radical (unpaired) electrons. The Kier molecular flexibility index (Phi) is 4.49. The van der Waals surface area contributed by atoms with Crippen molar-refractivity contribution in [3.05, 3.63) is 77.5 Å². The highest BCUT2D eigenvalue weighted by Crippen LogP contribution is 2.52. The summed E-state index contributed by atoms with van der Waals surface area (Å²) in [7, 11) is 0. The smallest absolute Gasteiger partial charge is 0.231 e. The first-order valence-corrected chi connectivity index (χ1v) is 11.5. The van der Waals surface area contributed by atoms with Crippen LogP contribution in [0.5, 0.6) is 0 Å². The number of likely N-dealkylation sites (tertiary alicyclic amines) is 1. The molecule has 0 aliphatic carbocycles. The molecule has 0 saturated carbocycles. The number of fused-ring (bicyclic) bond motifs is 2. The standard InChI is InChI=1S/C27H27N3O3/c1-16-7-8-17(2)21(13-16)29-25(31)23-22-9-11-27(33-22)15-30(26(32)24(23)27)12-10-18-14-28-20-6-4-3-5-19(18)20/h3-9,11,13-14,22-24,28H,10,12,15H2,1-2H3,(H,29,31)/t22-,23+,24-,27+/m1/s1. The Morgan fingerprint density at radius 3 is 2.97 bits per heavy atom. The zero-order chi connectivity index (χ0) is 22.7. The van der Waals surface area contributed by atoms with Crippen LogP contribution in [0, 0.1) is 25.7 Å². The molecule has 2 aromatic carbocycles. The predicted octanol–water partition coefficient (Wildman–Crippen LogP) is 3.75. The van der Waals surface area contributed by atoms with E-state index in [-0.39, 0.29) is 17.9 Å². The summed E-state index contributed by atoms with van der Waals surface area (Å²) in [6, 6.07) is 14.2. The number of hydrogen-bond donors (Lipinski definition) is 2. The first kappa shape index (κ1) is 20.2. The molecule has 6 heteroatoms. The molecule has 1 spiro atoms. The molecule has 2 N–H and O–H groups in total. The Hall–Kier alpha value is -3.38. The summed E-state index contributed by atoms with van der Waals surface area (Å²) >= 11 is 0. The van der Waals surface area contributed by atoms with E-state index in [2.05, 4.69) is 22.4 Å². The molecule has 1 aromatic heterocycles.